The van der Waals surface area contributed by atoms with Gasteiger partial charge in [-0.05, 0) is 50.1 Å². The van der Waals surface area contributed by atoms with Crippen molar-refractivity contribution >= 4 is 44.6 Å². The molecule has 1 heterocycles. The van der Waals surface area contributed by atoms with Crippen LogP contribution in [0.3, 0.4) is 0 Å². The maximum atomic E-state index is 5.82. The molecule has 1 aromatic heterocycles. The fourth-order valence-corrected chi connectivity index (χ4v) is 2.62. The Hall–Kier alpha value is -1.53. The van der Waals surface area contributed by atoms with E-state index in [1.165, 1.54) is 0 Å². The first-order valence-electron chi connectivity index (χ1n) is 6.07. The number of aromatic nitrogens is 2. The zero-order valence-corrected chi connectivity index (χ0v) is 13.9. The number of benzene rings is 1. The van der Waals surface area contributed by atoms with Gasteiger partial charge in [-0.1, -0.05) is 28.1 Å². The number of rotatable bonds is 3. The van der Waals surface area contributed by atoms with E-state index in [0.717, 1.165) is 32.5 Å². The average Bonchev–Trinajstić information content (AvgIpc) is 2.36. The number of nitrogens with one attached hydrogen (secondary N) is 1. The Morgan fingerprint density at radius 2 is 1.95 bits per heavy atom. The molecule has 0 amide bonds. The van der Waals surface area contributed by atoms with Crippen molar-refractivity contribution in [3.05, 3.63) is 45.1 Å². The molecule has 104 valence electrons. The van der Waals surface area contributed by atoms with E-state index in [2.05, 4.69) is 31.4 Å². The van der Waals surface area contributed by atoms with Gasteiger partial charge in [0.15, 0.2) is 5.82 Å². The van der Waals surface area contributed by atoms with Crippen molar-refractivity contribution in [2.45, 2.75) is 20.8 Å². The number of hydrogen-bond acceptors (Lipinski definition) is 4. The van der Waals surface area contributed by atoms with Crippen LogP contribution < -0.4 is 11.1 Å². The van der Waals surface area contributed by atoms with Gasteiger partial charge in [-0.2, -0.15) is 5.10 Å². The second-order valence-electron chi connectivity index (χ2n) is 4.58. The van der Waals surface area contributed by atoms with Crippen LogP contribution in [-0.2, 0) is 0 Å². The van der Waals surface area contributed by atoms with Crippen molar-refractivity contribution in [1.29, 1.82) is 0 Å². The summed E-state index contributed by atoms with van der Waals surface area (Å²) in [5, 5.41) is 11.6. The zero-order chi connectivity index (χ0) is 14.9. The van der Waals surface area contributed by atoms with Gasteiger partial charge in [0.05, 0.1) is 11.3 Å². The topological polar surface area (TPSA) is 63.8 Å². The molecule has 2 aromatic rings. The molecule has 2 rings (SSSR count). The molecule has 0 aliphatic rings. The summed E-state index contributed by atoms with van der Waals surface area (Å²) < 4.78 is 1.03. The minimum Gasteiger partial charge on any atom is -0.389 e. The van der Waals surface area contributed by atoms with E-state index >= 15 is 0 Å². The number of nitrogens with two attached hydrogens (primary N) is 1. The molecule has 0 aliphatic heterocycles. The van der Waals surface area contributed by atoms with E-state index in [1.807, 2.05) is 39.0 Å². The van der Waals surface area contributed by atoms with Crippen molar-refractivity contribution in [2.75, 3.05) is 5.32 Å². The van der Waals surface area contributed by atoms with Crippen LogP contribution in [0.4, 0.5) is 11.5 Å². The Labute approximate surface area is 131 Å². The van der Waals surface area contributed by atoms with Crippen molar-refractivity contribution in [3.63, 3.8) is 0 Å². The molecular weight excluding hydrogens is 336 g/mol. The van der Waals surface area contributed by atoms with Gasteiger partial charge in [-0.25, -0.2) is 0 Å². The van der Waals surface area contributed by atoms with Crippen LogP contribution >= 0.6 is 28.1 Å². The van der Waals surface area contributed by atoms with Crippen molar-refractivity contribution in [2.24, 2.45) is 5.73 Å². The molecule has 1 aromatic carbocycles. The second-order valence-corrected chi connectivity index (χ2v) is 5.94. The number of hydrogen-bond donors (Lipinski definition) is 2. The van der Waals surface area contributed by atoms with Crippen LogP contribution in [0.5, 0.6) is 0 Å². The van der Waals surface area contributed by atoms with Crippen LogP contribution in [0, 0.1) is 20.8 Å². The SMILES string of the molecule is Cc1cc(Br)ccc1Nc1nnc(C)c(C)c1C(N)=S. The molecule has 0 spiro atoms. The minimum atomic E-state index is 0.317. The number of aryl methyl sites for hydroxylation is 2. The molecule has 0 saturated heterocycles. The van der Waals surface area contributed by atoms with Gasteiger partial charge in [0, 0.05) is 10.2 Å². The molecule has 0 radical (unpaired) electrons. The molecule has 0 aliphatic carbocycles. The van der Waals surface area contributed by atoms with E-state index in [0.29, 0.717) is 10.8 Å². The summed E-state index contributed by atoms with van der Waals surface area (Å²) in [4.78, 5) is 0.317. The van der Waals surface area contributed by atoms with Gasteiger partial charge < -0.3 is 11.1 Å². The van der Waals surface area contributed by atoms with Crippen LogP contribution in [-0.4, -0.2) is 15.2 Å². The quantitative estimate of drug-likeness (QED) is 0.828. The average molecular weight is 351 g/mol. The molecule has 6 heteroatoms. The highest BCUT2D eigenvalue weighted by Crippen LogP contribution is 2.26. The molecule has 3 N–H and O–H groups in total. The summed E-state index contributed by atoms with van der Waals surface area (Å²) in [7, 11) is 0. The van der Waals surface area contributed by atoms with E-state index in [9.17, 15) is 0 Å². The van der Waals surface area contributed by atoms with Crippen LogP contribution in [0.1, 0.15) is 22.4 Å². The molecule has 0 saturated carbocycles. The van der Waals surface area contributed by atoms with Crippen molar-refractivity contribution in [1.82, 2.24) is 10.2 Å². The summed E-state index contributed by atoms with van der Waals surface area (Å²) in [6.07, 6.45) is 0. The number of anilines is 2. The van der Waals surface area contributed by atoms with Gasteiger partial charge in [0.1, 0.15) is 4.99 Å². The van der Waals surface area contributed by atoms with Gasteiger partial charge >= 0.3 is 0 Å². The fourth-order valence-electron chi connectivity index (χ4n) is 1.89. The predicted molar refractivity (Wildman–Crippen MR) is 89.6 cm³/mol. The lowest BCUT2D eigenvalue weighted by atomic mass is 10.1. The molecule has 0 atom stereocenters. The monoisotopic (exact) mass is 350 g/mol. The second kappa shape index (κ2) is 5.85. The molecule has 0 fully saturated rings. The Morgan fingerprint density at radius 3 is 2.55 bits per heavy atom. The largest absolute Gasteiger partial charge is 0.389 e. The van der Waals surface area contributed by atoms with Crippen molar-refractivity contribution < 1.29 is 0 Å². The first kappa shape index (κ1) is 14.9. The maximum absolute atomic E-state index is 5.82. The normalized spacial score (nSPS) is 10.4. The lowest BCUT2D eigenvalue weighted by Crippen LogP contribution is -2.17. The summed E-state index contributed by atoms with van der Waals surface area (Å²) in [6, 6.07) is 5.96. The Morgan fingerprint density at radius 1 is 1.25 bits per heavy atom. The van der Waals surface area contributed by atoms with Crippen LogP contribution in [0.2, 0.25) is 0 Å². The third-order valence-corrected chi connectivity index (χ3v) is 3.84. The van der Waals surface area contributed by atoms with Gasteiger partial charge in [0.25, 0.3) is 0 Å². The van der Waals surface area contributed by atoms with E-state index in [-0.39, 0.29) is 0 Å². The fraction of sp³-hybridized carbons (Fsp3) is 0.214. The summed E-state index contributed by atoms with van der Waals surface area (Å²) >= 11 is 8.57. The predicted octanol–water partition coefficient (Wildman–Crippen LogP) is 3.54. The molecular formula is C14H15BrN4S. The van der Waals surface area contributed by atoms with E-state index in [4.69, 9.17) is 18.0 Å². The first-order valence-corrected chi connectivity index (χ1v) is 7.27. The third-order valence-electron chi connectivity index (χ3n) is 3.14. The van der Waals surface area contributed by atoms with Crippen molar-refractivity contribution in [3.8, 4) is 0 Å². The first-order chi connectivity index (χ1) is 9.40. The van der Waals surface area contributed by atoms with Gasteiger partial charge in [-0.3, -0.25) is 0 Å². The Kier molecular flexibility index (Phi) is 4.35. The molecule has 0 unspecified atom stereocenters. The lowest BCUT2D eigenvalue weighted by Gasteiger charge is -2.14. The zero-order valence-electron chi connectivity index (χ0n) is 11.5. The van der Waals surface area contributed by atoms with Gasteiger partial charge in [0.2, 0.25) is 0 Å². The third kappa shape index (κ3) is 2.96. The highest BCUT2D eigenvalue weighted by Gasteiger charge is 2.14. The smallest absolute Gasteiger partial charge is 0.163 e. The summed E-state index contributed by atoms with van der Waals surface area (Å²) in [5.74, 6) is 0.589. The van der Waals surface area contributed by atoms with E-state index in [1.54, 1.807) is 0 Å². The van der Waals surface area contributed by atoms with Crippen LogP contribution in [0.15, 0.2) is 22.7 Å². The number of thiocarbonyl (C=S) groups is 1. The maximum Gasteiger partial charge on any atom is 0.163 e. The lowest BCUT2D eigenvalue weighted by molar-refractivity contribution is 0.963. The highest BCUT2D eigenvalue weighted by atomic mass is 79.9. The number of halogens is 1. The van der Waals surface area contributed by atoms with Crippen LogP contribution in [0.25, 0.3) is 0 Å². The summed E-state index contributed by atoms with van der Waals surface area (Å²) in [6.45, 7) is 5.85. The molecule has 0 bridgehead atoms. The highest BCUT2D eigenvalue weighted by molar-refractivity contribution is 9.10. The minimum absolute atomic E-state index is 0.317. The number of nitrogens with zero attached hydrogens (tertiary/aromatic N) is 2. The molecule has 4 nitrogen and oxygen atoms in total. The summed E-state index contributed by atoms with van der Waals surface area (Å²) in [5.41, 5.74) is 10.4. The Balaban J connectivity index is 2.48. The Bertz CT molecular complexity index is 685. The van der Waals surface area contributed by atoms with Gasteiger partial charge in [-0.15, -0.1) is 5.10 Å². The standard InChI is InChI=1S/C14H15BrN4S/c1-7-6-10(15)4-5-11(7)17-14-12(13(16)20)8(2)9(3)18-19-14/h4-6H,1-3H3,(H2,16,20)(H,17,19). The van der Waals surface area contributed by atoms with E-state index < -0.39 is 0 Å². The molecule has 20 heavy (non-hydrogen) atoms.